The van der Waals surface area contributed by atoms with Crippen LogP contribution in [0.4, 0.5) is 0 Å². The molecule has 1 aromatic rings. The first-order valence-corrected chi connectivity index (χ1v) is 5.76. The maximum absolute atomic E-state index is 11.8. The Morgan fingerprint density at radius 3 is 2.67 bits per heavy atom. The zero-order valence-corrected chi connectivity index (χ0v) is 10.9. The summed E-state index contributed by atoms with van der Waals surface area (Å²) in [6.07, 6.45) is 3.51. The second-order valence-electron chi connectivity index (χ2n) is 3.61. The highest BCUT2D eigenvalue weighted by atomic mass is 16.5. The summed E-state index contributed by atoms with van der Waals surface area (Å²) < 4.78 is 10.2. The lowest BCUT2D eigenvalue weighted by molar-refractivity contribution is 0.0954. The molecule has 0 aliphatic rings. The average Bonchev–Trinajstić information content (AvgIpc) is 2.42. The maximum atomic E-state index is 11.8. The van der Waals surface area contributed by atoms with Crippen LogP contribution in [0.2, 0.25) is 0 Å². The summed E-state index contributed by atoms with van der Waals surface area (Å²) >= 11 is 0. The van der Waals surface area contributed by atoms with Crippen LogP contribution in [0.25, 0.3) is 0 Å². The first kappa shape index (κ1) is 14.0. The van der Waals surface area contributed by atoms with Gasteiger partial charge >= 0.3 is 0 Å². The molecule has 5 heteroatoms. The van der Waals surface area contributed by atoms with Gasteiger partial charge in [-0.2, -0.15) is 5.10 Å². The van der Waals surface area contributed by atoms with E-state index in [0.717, 1.165) is 12.8 Å². The minimum Gasteiger partial charge on any atom is -0.493 e. The fourth-order valence-electron chi connectivity index (χ4n) is 1.34. The number of nitrogens with one attached hydrogen (secondary N) is 1. The lowest BCUT2D eigenvalue weighted by Gasteiger charge is -2.08. The van der Waals surface area contributed by atoms with Gasteiger partial charge in [-0.25, -0.2) is 5.43 Å². The summed E-state index contributed by atoms with van der Waals surface area (Å²) in [6.45, 7) is 2.04. The van der Waals surface area contributed by atoms with Crippen LogP contribution in [0.3, 0.4) is 0 Å². The largest absolute Gasteiger partial charge is 0.493 e. The van der Waals surface area contributed by atoms with Gasteiger partial charge in [0.2, 0.25) is 0 Å². The van der Waals surface area contributed by atoms with E-state index < -0.39 is 0 Å². The van der Waals surface area contributed by atoms with Crippen LogP contribution in [-0.2, 0) is 0 Å². The highest BCUT2D eigenvalue weighted by Gasteiger charge is 2.09. The lowest BCUT2D eigenvalue weighted by Crippen LogP contribution is -2.17. The third-order valence-electron chi connectivity index (χ3n) is 2.32. The minimum absolute atomic E-state index is 0.275. The van der Waals surface area contributed by atoms with Gasteiger partial charge < -0.3 is 9.47 Å². The van der Waals surface area contributed by atoms with Gasteiger partial charge in [-0.05, 0) is 24.6 Å². The lowest BCUT2D eigenvalue weighted by atomic mass is 10.2. The molecule has 1 aromatic carbocycles. The SMILES string of the molecule is CCCC=NNC(=O)c1ccc(OC)c(OC)c1. The number of nitrogens with zero attached hydrogens (tertiary/aromatic N) is 1. The van der Waals surface area contributed by atoms with E-state index in [0.29, 0.717) is 17.1 Å². The van der Waals surface area contributed by atoms with Crippen LogP contribution in [0, 0.1) is 0 Å². The van der Waals surface area contributed by atoms with Gasteiger partial charge in [-0.1, -0.05) is 13.3 Å². The molecule has 18 heavy (non-hydrogen) atoms. The van der Waals surface area contributed by atoms with Gasteiger partial charge in [-0.15, -0.1) is 0 Å². The van der Waals surface area contributed by atoms with E-state index in [2.05, 4.69) is 10.5 Å². The van der Waals surface area contributed by atoms with Crippen molar-refractivity contribution in [1.29, 1.82) is 0 Å². The Kier molecular flexibility index (Phi) is 5.70. The van der Waals surface area contributed by atoms with Crippen molar-refractivity contribution < 1.29 is 14.3 Å². The van der Waals surface area contributed by atoms with E-state index in [1.807, 2.05) is 6.92 Å². The van der Waals surface area contributed by atoms with Crippen LogP contribution in [0.5, 0.6) is 11.5 Å². The number of methoxy groups -OCH3 is 2. The number of rotatable bonds is 6. The Labute approximate surface area is 107 Å². The quantitative estimate of drug-likeness (QED) is 0.622. The number of unbranched alkanes of at least 4 members (excludes halogenated alkanes) is 1. The molecular formula is C13H18N2O3. The summed E-state index contributed by atoms with van der Waals surface area (Å²) in [5.74, 6) is 0.828. The Balaban J connectivity index is 2.74. The highest BCUT2D eigenvalue weighted by molar-refractivity contribution is 5.95. The van der Waals surface area contributed by atoms with E-state index in [-0.39, 0.29) is 5.91 Å². The van der Waals surface area contributed by atoms with Gasteiger partial charge in [0.25, 0.3) is 5.91 Å². The average molecular weight is 250 g/mol. The number of ether oxygens (including phenoxy) is 2. The molecule has 1 rings (SSSR count). The second-order valence-corrected chi connectivity index (χ2v) is 3.61. The monoisotopic (exact) mass is 250 g/mol. The molecule has 0 radical (unpaired) electrons. The second kappa shape index (κ2) is 7.32. The molecule has 0 spiro atoms. The molecule has 5 nitrogen and oxygen atoms in total. The number of hydrogen-bond donors (Lipinski definition) is 1. The highest BCUT2D eigenvalue weighted by Crippen LogP contribution is 2.27. The van der Waals surface area contributed by atoms with E-state index in [4.69, 9.17) is 9.47 Å². The van der Waals surface area contributed by atoms with Crippen LogP contribution >= 0.6 is 0 Å². The first-order chi connectivity index (χ1) is 8.72. The van der Waals surface area contributed by atoms with Crippen molar-refractivity contribution in [1.82, 2.24) is 5.43 Å². The van der Waals surface area contributed by atoms with E-state index in [1.54, 1.807) is 31.5 Å². The van der Waals surface area contributed by atoms with Crippen molar-refractivity contribution in [2.45, 2.75) is 19.8 Å². The first-order valence-electron chi connectivity index (χ1n) is 5.76. The molecule has 0 aliphatic carbocycles. The zero-order valence-electron chi connectivity index (χ0n) is 10.9. The molecule has 0 fully saturated rings. The Hall–Kier alpha value is -2.04. The number of hydrogen-bond acceptors (Lipinski definition) is 4. The molecular weight excluding hydrogens is 232 g/mol. The van der Waals surface area contributed by atoms with Crippen molar-refractivity contribution in [3.8, 4) is 11.5 Å². The standard InChI is InChI=1S/C13H18N2O3/c1-4-5-8-14-15-13(16)10-6-7-11(17-2)12(9-10)18-3/h6-9H,4-5H2,1-3H3,(H,15,16). The number of hydrazone groups is 1. The molecule has 0 unspecified atom stereocenters. The third kappa shape index (κ3) is 3.76. The summed E-state index contributed by atoms with van der Waals surface area (Å²) in [5.41, 5.74) is 2.93. The molecule has 0 bridgehead atoms. The fourth-order valence-corrected chi connectivity index (χ4v) is 1.34. The third-order valence-corrected chi connectivity index (χ3v) is 2.32. The Morgan fingerprint density at radius 1 is 1.33 bits per heavy atom. The molecule has 0 heterocycles. The Morgan fingerprint density at radius 2 is 2.06 bits per heavy atom. The summed E-state index contributed by atoms with van der Waals surface area (Å²) in [5, 5.41) is 3.84. The van der Waals surface area contributed by atoms with Gasteiger partial charge in [0.15, 0.2) is 11.5 Å². The zero-order chi connectivity index (χ0) is 13.4. The van der Waals surface area contributed by atoms with Crippen LogP contribution in [0.1, 0.15) is 30.1 Å². The van der Waals surface area contributed by atoms with Crippen molar-refractivity contribution in [2.24, 2.45) is 5.10 Å². The molecule has 0 aromatic heterocycles. The molecule has 0 saturated heterocycles. The smallest absolute Gasteiger partial charge is 0.271 e. The van der Waals surface area contributed by atoms with E-state index in [1.165, 1.54) is 7.11 Å². The summed E-state index contributed by atoms with van der Waals surface area (Å²) in [7, 11) is 3.07. The molecule has 1 amide bonds. The molecule has 0 saturated carbocycles. The van der Waals surface area contributed by atoms with Gasteiger partial charge in [0.05, 0.1) is 14.2 Å². The molecule has 98 valence electrons. The maximum Gasteiger partial charge on any atom is 0.271 e. The van der Waals surface area contributed by atoms with Crippen molar-refractivity contribution in [3.63, 3.8) is 0 Å². The van der Waals surface area contributed by atoms with Crippen LogP contribution in [0.15, 0.2) is 23.3 Å². The predicted octanol–water partition coefficient (Wildman–Crippen LogP) is 2.22. The molecule has 1 N–H and O–H groups in total. The van der Waals surface area contributed by atoms with Gasteiger partial charge in [0, 0.05) is 11.8 Å². The summed E-state index contributed by atoms with van der Waals surface area (Å²) in [6, 6.07) is 4.96. The summed E-state index contributed by atoms with van der Waals surface area (Å²) in [4.78, 5) is 11.8. The van der Waals surface area contributed by atoms with Gasteiger partial charge in [-0.3, -0.25) is 4.79 Å². The Bertz CT molecular complexity index is 430. The van der Waals surface area contributed by atoms with Crippen LogP contribution < -0.4 is 14.9 Å². The molecule has 0 aliphatic heterocycles. The topological polar surface area (TPSA) is 59.9 Å². The van der Waals surface area contributed by atoms with E-state index in [9.17, 15) is 4.79 Å². The number of amides is 1. The van der Waals surface area contributed by atoms with E-state index >= 15 is 0 Å². The number of carbonyl (C=O) groups excluding carboxylic acids is 1. The van der Waals surface area contributed by atoms with Gasteiger partial charge in [0.1, 0.15) is 0 Å². The van der Waals surface area contributed by atoms with Crippen molar-refractivity contribution >= 4 is 12.1 Å². The fraction of sp³-hybridized carbons (Fsp3) is 0.385. The normalized spacial score (nSPS) is 10.4. The van der Waals surface area contributed by atoms with Crippen molar-refractivity contribution in [2.75, 3.05) is 14.2 Å². The molecule has 0 atom stereocenters. The van der Waals surface area contributed by atoms with Crippen LogP contribution in [-0.4, -0.2) is 26.3 Å². The number of carbonyl (C=O) groups is 1. The van der Waals surface area contributed by atoms with Crippen molar-refractivity contribution in [3.05, 3.63) is 23.8 Å². The minimum atomic E-state index is -0.275. The predicted molar refractivity (Wildman–Crippen MR) is 70.4 cm³/mol. The number of benzene rings is 1.